The Morgan fingerprint density at radius 2 is 1.90 bits per heavy atom. The van der Waals surface area contributed by atoms with E-state index in [4.69, 9.17) is 28.9 Å². The number of guanidine groups is 1. The molecule has 1 aliphatic heterocycles. The second-order valence-electron chi connectivity index (χ2n) is 5.17. The first-order valence-electron chi connectivity index (χ1n) is 6.81. The number of nitrogens with one attached hydrogen (secondary N) is 1. The minimum absolute atomic E-state index is 0.0198. The van der Waals surface area contributed by atoms with Crippen LogP contribution in [0.15, 0.2) is 23.2 Å². The fraction of sp³-hybridized carbons (Fsp3) is 0.429. The Kier molecular flexibility index (Phi) is 5.31. The van der Waals surface area contributed by atoms with Crippen LogP contribution in [0.1, 0.15) is 19.8 Å². The van der Waals surface area contributed by atoms with Crippen LogP contribution in [0.4, 0.5) is 10.5 Å². The van der Waals surface area contributed by atoms with Crippen LogP contribution >= 0.6 is 23.2 Å². The van der Waals surface area contributed by atoms with Gasteiger partial charge >= 0.3 is 6.03 Å². The van der Waals surface area contributed by atoms with Gasteiger partial charge in [-0.15, -0.1) is 0 Å². The number of aliphatic imine (C=N–C) groups is 1. The van der Waals surface area contributed by atoms with Gasteiger partial charge in [0.1, 0.15) is 5.69 Å². The number of hydrogen-bond donors (Lipinski definition) is 2. The Bertz CT molecular complexity index is 534. The smallest absolute Gasteiger partial charge is 0.324 e. The topological polar surface area (TPSA) is 70.7 Å². The van der Waals surface area contributed by atoms with Gasteiger partial charge in [-0.05, 0) is 30.9 Å². The molecule has 0 atom stereocenters. The highest BCUT2D eigenvalue weighted by Gasteiger charge is 2.20. The van der Waals surface area contributed by atoms with Crippen LogP contribution in [0, 0.1) is 5.92 Å². The van der Waals surface area contributed by atoms with Gasteiger partial charge < -0.3 is 10.6 Å². The largest absolute Gasteiger partial charge is 0.369 e. The number of hydrogen-bond acceptors (Lipinski definition) is 2. The number of urea groups is 1. The van der Waals surface area contributed by atoms with Crippen LogP contribution in [0.2, 0.25) is 10.0 Å². The number of amides is 2. The Balaban J connectivity index is 2.02. The summed E-state index contributed by atoms with van der Waals surface area (Å²) in [6.07, 6.45) is 2.00. The lowest BCUT2D eigenvalue weighted by molar-refractivity contribution is 0.178. The number of nitrogens with two attached hydrogens (primary N) is 1. The van der Waals surface area contributed by atoms with Gasteiger partial charge in [0.05, 0.1) is 10.0 Å². The highest BCUT2D eigenvalue weighted by molar-refractivity contribution is 6.38. The maximum Gasteiger partial charge on any atom is 0.324 e. The fourth-order valence-corrected chi connectivity index (χ4v) is 2.63. The van der Waals surface area contributed by atoms with E-state index in [1.54, 1.807) is 23.1 Å². The van der Waals surface area contributed by atoms with Gasteiger partial charge in [0.25, 0.3) is 0 Å². The molecule has 1 fully saturated rings. The summed E-state index contributed by atoms with van der Waals surface area (Å²) in [6, 6.07) is 4.79. The van der Waals surface area contributed by atoms with E-state index in [1.807, 2.05) is 0 Å². The van der Waals surface area contributed by atoms with Crippen molar-refractivity contribution in [2.24, 2.45) is 16.6 Å². The quantitative estimate of drug-likeness (QED) is 0.612. The van der Waals surface area contributed by atoms with Gasteiger partial charge in [0, 0.05) is 13.1 Å². The Labute approximate surface area is 134 Å². The molecule has 3 N–H and O–H groups in total. The lowest BCUT2D eigenvalue weighted by Gasteiger charge is -2.30. The Hall–Kier alpha value is -1.46. The SMILES string of the molecule is CC1CCN(C(=O)NC(N)=Nc2c(Cl)cccc2Cl)CC1. The standard InChI is InChI=1S/C14H18Cl2N4O/c1-9-5-7-20(8-6-9)14(21)19-13(17)18-12-10(15)3-2-4-11(12)16/h2-4,9H,5-8H2,1H3,(H3,17,18,19,21). The van der Waals surface area contributed by atoms with Crippen LogP contribution < -0.4 is 11.1 Å². The Morgan fingerprint density at radius 1 is 1.33 bits per heavy atom. The molecule has 0 spiro atoms. The van der Waals surface area contributed by atoms with Gasteiger partial charge in [-0.25, -0.2) is 9.79 Å². The summed E-state index contributed by atoms with van der Waals surface area (Å²) in [5.41, 5.74) is 6.11. The third-order valence-electron chi connectivity index (χ3n) is 3.48. The zero-order valence-electron chi connectivity index (χ0n) is 11.8. The highest BCUT2D eigenvalue weighted by Crippen LogP contribution is 2.32. The van der Waals surface area contributed by atoms with E-state index in [0.717, 1.165) is 25.9 Å². The van der Waals surface area contributed by atoms with E-state index in [9.17, 15) is 4.79 Å². The maximum absolute atomic E-state index is 12.1. The van der Waals surface area contributed by atoms with Crippen molar-refractivity contribution in [2.45, 2.75) is 19.8 Å². The van der Waals surface area contributed by atoms with Crippen molar-refractivity contribution >= 4 is 40.9 Å². The number of rotatable bonds is 1. The zero-order chi connectivity index (χ0) is 15.4. The van der Waals surface area contributed by atoms with Crippen LogP contribution in [0.3, 0.4) is 0 Å². The molecule has 0 aliphatic carbocycles. The summed E-state index contributed by atoms with van der Waals surface area (Å²) < 4.78 is 0. The summed E-state index contributed by atoms with van der Waals surface area (Å²) in [4.78, 5) is 17.9. The van der Waals surface area contributed by atoms with Crippen molar-refractivity contribution in [3.05, 3.63) is 28.2 Å². The number of likely N-dealkylation sites (tertiary alicyclic amines) is 1. The predicted molar refractivity (Wildman–Crippen MR) is 86.2 cm³/mol. The van der Waals surface area contributed by atoms with Crippen molar-refractivity contribution < 1.29 is 4.79 Å². The van der Waals surface area contributed by atoms with E-state index in [1.165, 1.54) is 0 Å². The molecule has 1 heterocycles. The number of para-hydroxylation sites is 1. The van der Waals surface area contributed by atoms with Crippen molar-refractivity contribution in [3.8, 4) is 0 Å². The maximum atomic E-state index is 12.1. The molecule has 1 aliphatic rings. The highest BCUT2D eigenvalue weighted by atomic mass is 35.5. The second kappa shape index (κ2) is 7.00. The molecule has 2 amide bonds. The number of nitrogens with zero attached hydrogens (tertiary/aromatic N) is 2. The molecule has 0 unspecified atom stereocenters. The average molecular weight is 329 g/mol. The first kappa shape index (κ1) is 15.9. The lowest BCUT2D eigenvalue weighted by atomic mass is 10.00. The number of halogens is 2. The molecule has 5 nitrogen and oxygen atoms in total. The van der Waals surface area contributed by atoms with E-state index in [-0.39, 0.29) is 12.0 Å². The molecule has 0 bridgehead atoms. The first-order valence-corrected chi connectivity index (χ1v) is 7.57. The molecule has 0 radical (unpaired) electrons. The molecule has 1 saturated heterocycles. The van der Waals surface area contributed by atoms with Gasteiger partial charge in [0.2, 0.25) is 5.96 Å². The van der Waals surface area contributed by atoms with Crippen molar-refractivity contribution in [2.75, 3.05) is 13.1 Å². The van der Waals surface area contributed by atoms with Crippen LogP contribution in [0.25, 0.3) is 0 Å². The van der Waals surface area contributed by atoms with Crippen LogP contribution in [-0.2, 0) is 0 Å². The minimum Gasteiger partial charge on any atom is -0.369 e. The summed E-state index contributed by atoms with van der Waals surface area (Å²) in [5, 5.41) is 3.33. The van der Waals surface area contributed by atoms with Crippen molar-refractivity contribution in [1.82, 2.24) is 10.2 Å². The number of carbonyl (C=O) groups excluding carboxylic acids is 1. The van der Waals surface area contributed by atoms with Gasteiger partial charge in [0.15, 0.2) is 0 Å². The van der Waals surface area contributed by atoms with Gasteiger partial charge in [-0.2, -0.15) is 0 Å². The molecule has 1 aromatic carbocycles. The molecular weight excluding hydrogens is 311 g/mol. The Morgan fingerprint density at radius 3 is 2.48 bits per heavy atom. The van der Waals surface area contributed by atoms with Gasteiger partial charge in [-0.1, -0.05) is 36.2 Å². The number of benzene rings is 1. The molecule has 0 aromatic heterocycles. The number of piperidine rings is 1. The van der Waals surface area contributed by atoms with E-state index in [0.29, 0.717) is 21.7 Å². The third-order valence-corrected chi connectivity index (χ3v) is 4.09. The average Bonchev–Trinajstić information content (AvgIpc) is 2.43. The minimum atomic E-state index is -0.244. The van der Waals surface area contributed by atoms with Crippen LogP contribution in [0.5, 0.6) is 0 Å². The lowest BCUT2D eigenvalue weighted by Crippen LogP contribution is -2.48. The predicted octanol–water partition coefficient (Wildman–Crippen LogP) is 3.38. The van der Waals surface area contributed by atoms with Crippen LogP contribution in [-0.4, -0.2) is 30.0 Å². The van der Waals surface area contributed by atoms with E-state index < -0.39 is 0 Å². The zero-order valence-corrected chi connectivity index (χ0v) is 13.3. The molecular formula is C14H18Cl2N4O. The molecule has 2 rings (SSSR count). The second-order valence-corrected chi connectivity index (χ2v) is 5.98. The summed E-state index contributed by atoms with van der Waals surface area (Å²) >= 11 is 12.0. The molecule has 21 heavy (non-hydrogen) atoms. The monoisotopic (exact) mass is 328 g/mol. The summed E-state index contributed by atoms with van der Waals surface area (Å²) in [7, 11) is 0. The van der Waals surface area contributed by atoms with Crippen molar-refractivity contribution in [3.63, 3.8) is 0 Å². The number of carbonyl (C=O) groups is 1. The third kappa shape index (κ3) is 4.25. The summed E-state index contributed by atoms with van der Waals surface area (Å²) in [6.45, 7) is 3.64. The van der Waals surface area contributed by atoms with E-state index in [2.05, 4.69) is 17.2 Å². The normalized spacial score (nSPS) is 16.9. The molecule has 1 aromatic rings. The summed E-state index contributed by atoms with van der Waals surface area (Å²) in [5.74, 6) is 0.635. The molecule has 0 saturated carbocycles. The fourth-order valence-electron chi connectivity index (χ4n) is 2.14. The van der Waals surface area contributed by atoms with E-state index >= 15 is 0 Å². The molecule has 7 heteroatoms. The first-order chi connectivity index (χ1) is 9.97. The molecule has 114 valence electrons. The van der Waals surface area contributed by atoms with Crippen molar-refractivity contribution in [1.29, 1.82) is 0 Å². The van der Waals surface area contributed by atoms with Gasteiger partial charge in [-0.3, -0.25) is 5.32 Å².